The molecule has 3 aliphatic carbocycles. The number of rotatable bonds is 6. The monoisotopic (exact) mass is 548 g/mol. The van der Waals surface area contributed by atoms with E-state index in [1.807, 2.05) is 6.07 Å². The summed E-state index contributed by atoms with van der Waals surface area (Å²) in [6.07, 6.45) is -16.1. The molecule has 0 bridgehead atoms. The van der Waals surface area contributed by atoms with E-state index in [9.17, 15) is 44.6 Å². The number of aromatic hydroxyl groups is 1. The Morgan fingerprint density at radius 3 is 2.16 bits per heavy atom. The number of hydrogen-bond acceptors (Lipinski definition) is 3. The van der Waals surface area contributed by atoms with Crippen molar-refractivity contribution in [3.8, 4) is 5.75 Å². The predicted octanol–water partition coefficient (Wildman–Crippen LogP) is 7.47. The van der Waals surface area contributed by atoms with Crippen LogP contribution in [-0.2, 0) is 15.9 Å². The zero-order valence-electron chi connectivity index (χ0n) is 20.1. The topological polar surface area (TPSA) is 38.7 Å². The molecule has 0 aromatic heterocycles. The van der Waals surface area contributed by atoms with Gasteiger partial charge in [0.15, 0.2) is 0 Å². The molecule has 3 aliphatic rings. The number of benzene rings is 1. The smallest absolute Gasteiger partial charge is 0.435 e. The van der Waals surface area contributed by atoms with Crippen LogP contribution in [0.3, 0.4) is 0 Å². The molecule has 0 amide bonds. The summed E-state index contributed by atoms with van der Waals surface area (Å²) >= 11 is 0. The van der Waals surface area contributed by atoms with Gasteiger partial charge in [-0.1, -0.05) is 13.0 Å². The molecule has 0 radical (unpaired) electrons. The quantitative estimate of drug-likeness (QED) is 0.296. The molecule has 3 nitrogen and oxygen atoms in total. The summed E-state index contributed by atoms with van der Waals surface area (Å²) in [4.78, 5) is 0. The van der Waals surface area contributed by atoms with Crippen molar-refractivity contribution in [1.29, 1.82) is 0 Å². The van der Waals surface area contributed by atoms with Crippen molar-refractivity contribution < 1.29 is 54.1 Å². The fourth-order valence-electron chi connectivity index (χ4n) is 7.03. The van der Waals surface area contributed by atoms with Crippen LogP contribution in [0.15, 0.2) is 18.2 Å². The van der Waals surface area contributed by atoms with E-state index in [-0.39, 0.29) is 23.9 Å². The van der Waals surface area contributed by atoms with Gasteiger partial charge in [-0.05, 0) is 91.4 Å². The molecule has 1 N–H and O–H groups in total. The van der Waals surface area contributed by atoms with Crippen molar-refractivity contribution >= 4 is 0 Å². The van der Waals surface area contributed by atoms with E-state index in [2.05, 4.69) is 11.7 Å². The fraction of sp³-hybridized carbons (Fsp3) is 0.760. The van der Waals surface area contributed by atoms with Crippen LogP contribution in [0.25, 0.3) is 0 Å². The fourth-order valence-corrected chi connectivity index (χ4v) is 7.03. The predicted molar refractivity (Wildman–Crippen MR) is 114 cm³/mol. The third kappa shape index (κ3) is 4.70. The number of hydrogen-bond donors (Lipinski definition) is 1. The van der Waals surface area contributed by atoms with Gasteiger partial charge >= 0.3 is 24.1 Å². The molecule has 4 rings (SSSR count). The lowest BCUT2D eigenvalue weighted by Crippen LogP contribution is -2.67. The number of phenols is 1. The van der Waals surface area contributed by atoms with Crippen LogP contribution in [0.1, 0.15) is 62.5 Å². The number of ether oxygens (including phenoxy) is 2. The van der Waals surface area contributed by atoms with Crippen LogP contribution in [-0.4, -0.2) is 48.6 Å². The van der Waals surface area contributed by atoms with Crippen LogP contribution in [0.5, 0.6) is 5.75 Å². The minimum absolute atomic E-state index is 0.231. The molecule has 1 aromatic carbocycles. The Balaban J connectivity index is 1.37. The van der Waals surface area contributed by atoms with Crippen molar-refractivity contribution in [2.75, 3.05) is 13.2 Å². The zero-order chi connectivity index (χ0) is 27.4. The van der Waals surface area contributed by atoms with Gasteiger partial charge in [0.2, 0.25) is 0 Å². The highest BCUT2D eigenvalue weighted by Crippen LogP contribution is 2.61. The van der Waals surface area contributed by atoms with Crippen LogP contribution < -0.4 is 0 Å². The van der Waals surface area contributed by atoms with Crippen molar-refractivity contribution in [3.63, 3.8) is 0 Å². The number of phenolic OH excluding ortho intramolecular Hbond substituents is 1. The third-order valence-corrected chi connectivity index (χ3v) is 8.75. The molecule has 0 spiro atoms. The largest absolute Gasteiger partial charge is 0.508 e. The standard InChI is InChI=1S/C25H29F9O3/c1-21-10-9-17-16-6-4-15(35)13-14(16)3-5-18(17)19(21)7-8-20(21)36-11-2-12-37-22(23(26,27)28,24(29,30)31)25(32,33)34/h4,6,13,17-20,35H,2-3,5,7-12H2,1H3/t17-,18-,19+,20?,21+/m1/s1. The first kappa shape index (κ1) is 28.3. The summed E-state index contributed by atoms with van der Waals surface area (Å²) in [5.74, 6) is 1.27. The van der Waals surface area contributed by atoms with Gasteiger partial charge in [-0.25, -0.2) is 0 Å². The number of alkyl halides is 9. The second-order valence-electron chi connectivity index (χ2n) is 10.7. The van der Waals surface area contributed by atoms with Gasteiger partial charge in [0.25, 0.3) is 0 Å². The first-order chi connectivity index (χ1) is 17.0. The summed E-state index contributed by atoms with van der Waals surface area (Å²) in [6, 6.07) is 5.45. The van der Waals surface area contributed by atoms with Gasteiger partial charge in [0, 0.05) is 6.61 Å². The molecule has 0 aliphatic heterocycles. The van der Waals surface area contributed by atoms with E-state index in [0.717, 1.165) is 37.7 Å². The Bertz CT molecular complexity index is 936. The Morgan fingerprint density at radius 2 is 1.54 bits per heavy atom. The molecule has 210 valence electrons. The van der Waals surface area contributed by atoms with E-state index in [1.54, 1.807) is 12.1 Å². The van der Waals surface area contributed by atoms with E-state index >= 15 is 0 Å². The van der Waals surface area contributed by atoms with Gasteiger partial charge in [0.1, 0.15) is 5.75 Å². The Hall–Kier alpha value is -1.69. The first-order valence-electron chi connectivity index (χ1n) is 12.3. The molecule has 37 heavy (non-hydrogen) atoms. The highest BCUT2D eigenvalue weighted by Gasteiger charge is 2.85. The molecule has 2 fully saturated rings. The maximum atomic E-state index is 13.0. The Morgan fingerprint density at radius 1 is 0.892 bits per heavy atom. The van der Waals surface area contributed by atoms with Crippen molar-refractivity contribution in [3.05, 3.63) is 29.3 Å². The second-order valence-corrected chi connectivity index (χ2v) is 10.7. The third-order valence-electron chi connectivity index (χ3n) is 8.75. The minimum atomic E-state index is -6.73. The van der Waals surface area contributed by atoms with Crippen LogP contribution >= 0.6 is 0 Å². The Labute approximate surface area is 208 Å². The van der Waals surface area contributed by atoms with Gasteiger partial charge in [-0.2, -0.15) is 39.5 Å². The first-order valence-corrected chi connectivity index (χ1v) is 12.3. The average molecular weight is 548 g/mol. The van der Waals surface area contributed by atoms with Gasteiger partial charge in [0.05, 0.1) is 12.7 Å². The lowest BCUT2D eigenvalue weighted by Gasteiger charge is -2.50. The zero-order valence-corrected chi connectivity index (χ0v) is 20.1. The minimum Gasteiger partial charge on any atom is -0.508 e. The van der Waals surface area contributed by atoms with Crippen molar-refractivity contribution in [1.82, 2.24) is 0 Å². The summed E-state index contributed by atoms with van der Waals surface area (Å²) < 4.78 is 126. The maximum Gasteiger partial charge on any atom is 0.435 e. The van der Waals surface area contributed by atoms with Crippen molar-refractivity contribution in [2.24, 2.45) is 17.3 Å². The van der Waals surface area contributed by atoms with Gasteiger partial charge < -0.3 is 14.6 Å². The Kier molecular flexibility index (Phi) is 7.27. The molecule has 0 heterocycles. The highest BCUT2D eigenvalue weighted by atomic mass is 19.4. The molecular weight excluding hydrogens is 519 g/mol. The lowest BCUT2D eigenvalue weighted by molar-refractivity contribution is -0.457. The van der Waals surface area contributed by atoms with Crippen LogP contribution in [0.4, 0.5) is 39.5 Å². The normalized spacial score (nSPS) is 30.5. The summed E-state index contributed by atoms with van der Waals surface area (Å²) in [5, 5.41) is 9.80. The molecule has 1 aromatic rings. The molecule has 5 atom stereocenters. The lowest BCUT2D eigenvalue weighted by atomic mass is 9.55. The van der Waals surface area contributed by atoms with Crippen molar-refractivity contribution in [2.45, 2.75) is 88.0 Å². The SMILES string of the molecule is C[C@]12CC[C@@H]3c4ccc(O)cc4CC[C@H]3[C@@H]1CCC2OCCCOC(C(F)(F)F)(C(F)(F)F)C(F)(F)F. The van der Waals surface area contributed by atoms with E-state index < -0.39 is 37.2 Å². The van der Waals surface area contributed by atoms with Crippen LogP contribution in [0.2, 0.25) is 0 Å². The molecule has 12 heteroatoms. The van der Waals surface area contributed by atoms with E-state index in [0.29, 0.717) is 24.2 Å². The van der Waals surface area contributed by atoms with Gasteiger partial charge in [-0.3, -0.25) is 0 Å². The number of fused-ring (bicyclic) bond motifs is 5. The molecule has 0 saturated heterocycles. The number of halogens is 9. The second kappa shape index (κ2) is 9.50. The van der Waals surface area contributed by atoms with E-state index in [1.165, 1.54) is 5.56 Å². The molecule has 1 unspecified atom stereocenters. The van der Waals surface area contributed by atoms with Gasteiger partial charge in [-0.15, -0.1) is 0 Å². The molecule has 2 saturated carbocycles. The number of aryl methyl sites for hydroxylation is 1. The maximum absolute atomic E-state index is 13.0. The average Bonchev–Trinajstić information content (AvgIpc) is 3.09. The van der Waals surface area contributed by atoms with E-state index in [4.69, 9.17) is 4.74 Å². The summed E-state index contributed by atoms with van der Waals surface area (Å²) in [6.45, 7) is 0.350. The molecular formula is C25H29F9O3. The van der Waals surface area contributed by atoms with Crippen LogP contribution in [0, 0.1) is 17.3 Å². The highest BCUT2D eigenvalue weighted by molar-refractivity contribution is 5.40. The summed E-state index contributed by atoms with van der Waals surface area (Å²) in [5.41, 5.74) is -4.11. The summed E-state index contributed by atoms with van der Waals surface area (Å²) in [7, 11) is 0.